The normalized spacial score (nSPS) is 12.6. The first-order valence-electron chi connectivity index (χ1n) is 8.07. The number of thioether (sulfide) groups is 1. The lowest BCUT2D eigenvalue weighted by molar-refractivity contribution is -0.137. The summed E-state index contributed by atoms with van der Waals surface area (Å²) in [5.74, 6) is -0.454. The van der Waals surface area contributed by atoms with Gasteiger partial charge in [-0.1, -0.05) is 41.0 Å². The third-order valence-electron chi connectivity index (χ3n) is 3.67. The van der Waals surface area contributed by atoms with Crippen LogP contribution in [0.1, 0.15) is 12.5 Å². The van der Waals surface area contributed by atoms with Crippen molar-refractivity contribution in [2.75, 3.05) is 5.32 Å². The maximum atomic E-state index is 13.2. The highest BCUT2D eigenvalue weighted by atomic mass is 35.5. The molecule has 0 aliphatic carbocycles. The Hall–Kier alpha value is -2.23. The third-order valence-corrected chi connectivity index (χ3v) is 5.07. The molecule has 1 aromatic heterocycles. The molecular weight excluding hydrogens is 450 g/mol. The number of nitrogens with zero attached hydrogens (tertiary/aromatic N) is 2. The summed E-state index contributed by atoms with van der Waals surface area (Å²) in [6, 6.07) is 9.89. The van der Waals surface area contributed by atoms with E-state index < -0.39 is 22.9 Å². The molecule has 29 heavy (non-hydrogen) atoms. The van der Waals surface area contributed by atoms with E-state index in [9.17, 15) is 18.0 Å². The molecule has 3 aromatic rings. The highest BCUT2D eigenvalue weighted by molar-refractivity contribution is 8.00. The van der Waals surface area contributed by atoms with Gasteiger partial charge in [0.2, 0.25) is 11.8 Å². The molecule has 2 aromatic carbocycles. The Morgan fingerprint density at radius 2 is 1.86 bits per heavy atom. The van der Waals surface area contributed by atoms with Gasteiger partial charge in [0, 0.05) is 15.6 Å². The van der Waals surface area contributed by atoms with Crippen LogP contribution in [0.3, 0.4) is 0 Å². The molecule has 0 saturated carbocycles. The number of rotatable bonds is 5. The van der Waals surface area contributed by atoms with Crippen LogP contribution in [0.4, 0.5) is 18.9 Å². The lowest BCUT2D eigenvalue weighted by Gasteiger charge is -2.15. The minimum Gasteiger partial charge on any atom is -0.411 e. The Labute approximate surface area is 177 Å². The number of anilines is 1. The standard InChI is InChI=1S/C18H12Cl2F3N3O2S/c1-9(15(27)24-14-6-5-12(20)8-13(14)18(21,22)23)29-17-26-25-16(28-17)10-3-2-4-11(19)7-10/h2-9H,1H3,(H,24,27). The molecule has 0 saturated heterocycles. The molecule has 1 heterocycles. The molecule has 0 fully saturated rings. The van der Waals surface area contributed by atoms with Crippen LogP contribution in [0.2, 0.25) is 10.0 Å². The number of carbonyl (C=O) groups is 1. The van der Waals surface area contributed by atoms with Crippen LogP contribution < -0.4 is 5.32 Å². The fourth-order valence-corrected chi connectivity index (χ4v) is 3.34. The molecule has 1 amide bonds. The smallest absolute Gasteiger partial charge is 0.411 e. The highest BCUT2D eigenvalue weighted by Gasteiger charge is 2.34. The van der Waals surface area contributed by atoms with Crippen molar-refractivity contribution in [1.29, 1.82) is 0 Å². The summed E-state index contributed by atoms with van der Waals surface area (Å²) in [6.07, 6.45) is -4.66. The quantitative estimate of drug-likeness (QED) is 0.459. The predicted octanol–water partition coefficient (Wildman–Crippen LogP) is 6.18. The van der Waals surface area contributed by atoms with Gasteiger partial charge < -0.3 is 9.73 Å². The molecule has 1 N–H and O–H groups in total. The fourth-order valence-electron chi connectivity index (χ4n) is 2.29. The van der Waals surface area contributed by atoms with Crippen LogP contribution in [0.15, 0.2) is 52.1 Å². The summed E-state index contributed by atoms with van der Waals surface area (Å²) >= 11 is 12.5. The van der Waals surface area contributed by atoms with Crippen LogP contribution in [-0.2, 0) is 11.0 Å². The largest absolute Gasteiger partial charge is 0.418 e. The Morgan fingerprint density at radius 1 is 1.14 bits per heavy atom. The number of nitrogens with one attached hydrogen (secondary N) is 1. The fraction of sp³-hybridized carbons (Fsp3) is 0.167. The molecule has 0 spiro atoms. The molecule has 11 heteroatoms. The third kappa shape index (κ3) is 5.43. The Bertz CT molecular complexity index is 1040. The van der Waals surface area contributed by atoms with E-state index in [1.165, 1.54) is 13.0 Å². The van der Waals surface area contributed by atoms with Gasteiger partial charge in [0.15, 0.2) is 0 Å². The van der Waals surface area contributed by atoms with Gasteiger partial charge in [-0.05, 0) is 43.3 Å². The Kier molecular flexibility index (Phi) is 6.40. The SMILES string of the molecule is CC(Sc1nnc(-c2cccc(Cl)c2)o1)C(=O)Nc1ccc(Cl)cc1C(F)(F)F. The molecule has 1 atom stereocenters. The minimum atomic E-state index is -4.66. The number of aromatic nitrogens is 2. The number of hydrogen-bond donors (Lipinski definition) is 1. The van der Waals surface area contributed by atoms with Crippen molar-refractivity contribution >= 4 is 46.6 Å². The van der Waals surface area contributed by atoms with Gasteiger partial charge in [-0.15, -0.1) is 10.2 Å². The van der Waals surface area contributed by atoms with Crippen molar-refractivity contribution in [3.63, 3.8) is 0 Å². The van der Waals surface area contributed by atoms with Gasteiger partial charge in [0.25, 0.3) is 5.22 Å². The maximum Gasteiger partial charge on any atom is 0.418 e. The van der Waals surface area contributed by atoms with E-state index in [4.69, 9.17) is 27.6 Å². The summed E-state index contributed by atoms with van der Waals surface area (Å²) in [4.78, 5) is 12.4. The van der Waals surface area contributed by atoms with Gasteiger partial charge in [-0.3, -0.25) is 4.79 Å². The number of carbonyl (C=O) groups excluding carboxylic acids is 1. The number of amides is 1. The van der Waals surface area contributed by atoms with Gasteiger partial charge in [0.1, 0.15) is 0 Å². The monoisotopic (exact) mass is 461 g/mol. The minimum absolute atomic E-state index is 0.0860. The Balaban J connectivity index is 1.71. The van der Waals surface area contributed by atoms with Crippen LogP contribution in [0.5, 0.6) is 0 Å². The van der Waals surface area contributed by atoms with Crippen LogP contribution in [0.25, 0.3) is 11.5 Å². The van der Waals surface area contributed by atoms with E-state index in [-0.39, 0.29) is 21.8 Å². The van der Waals surface area contributed by atoms with E-state index in [1.807, 2.05) is 0 Å². The van der Waals surface area contributed by atoms with E-state index in [2.05, 4.69) is 15.5 Å². The molecule has 0 bridgehead atoms. The first kappa shape index (κ1) is 21.5. The van der Waals surface area contributed by atoms with Crippen molar-refractivity contribution in [1.82, 2.24) is 10.2 Å². The van der Waals surface area contributed by atoms with E-state index >= 15 is 0 Å². The molecule has 3 rings (SSSR count). The number of hydrogen-bond acceptors (Lipinski definition) is 5. The highest BCUT2D eigenvalue weighted by Crippen LogP contribution is 2.37. The molecule has 1 unspecified atom stereocenters. The van der Waals surface area contributed by atoms with Crippen molar-refractivity contribution < 1.29 is 22.4 Å². The Morgan fingerprint density at radius 3 is 2.55 bits per heavy atom. The summed E-state index contributed by atoms with van der Waals surface area (Å²) in [5, 5.41) is 9.69. The van der Waals surface area contributed by atoms with Crippen LogP contribution >= 0.6 is 35.0 Å². The average molecular weight is 462 g/mol. The van der Waals surface area contributed by atoms with Crippen molar-refractivity contribution in [3.8, 4) is 11.5 Å². The second-order valence-corrected chi connectivity index (χ2v) is 7.99. The van der Waals surface area contributed by atoms with E-state index in [0.29, 0.717) is 10.6 Å². The molecule has 0 radical (unpaired) electrons. The number of benzene rings is 2. The summed E-state index contributed by atoms with van der Waals surface area (Å²) in [5.41, 5.74) is -0.814. The first-order chi connectivity index (χ1) is 13.6. The maximum absolute atomic E-state index is 13.2. The summed E-state index contributed by atoms with van der Waals surface area (Å²) in [6.45, 7) is 1.51. The van der Waals surface area contributed by atoms with Gasteiger partial charge >= 0.3 is 6.18 Å². The molecule has 5 nitrogen and oxygen atoms in total. The zero-order valence-electron chi connectivity index (χ0n) is 14.6. The van der Waals surface area contributed by atoms with Gasteiger partial charge in [-0.2, -0.15) is 13.2 Å². The van der Waals surface area contributed by atoms with Crippen molar-refractivity contribution in [2.24, 2.45) is 0 Å². The van der Waals surface area contributed by atoms with E-state index in [1.54, 1.807) is 24.3 Å². The predicted molar refractivity (Wildman–Crippen MR) is 105 cm³/mol. The zero-order chi connectivity index (χ0) is 21.2. The molecule has 152 valence electrons. The number of halogens is 5. The lowest BCUT2D eigenvalue weighted by atomic mass is 10.1. The summed E-state index contributed by atoms with van der Waals surface area (Å²) in [7, 11) is 0. The second kappa shape index (κ2) is 8.64. The first-order valence-corrected chi connectivity index (χ1v) is 9.71. The van der Waals surface area contributed by atoms with Crippen LogP contribution in [0, 0.1) is 0 Å². The molecule has 0 aliphatic heterocycles. The van der Waals surface area contributed by atoms with Crippen LogP contribution in [-0.4, -0.2) is 21.4 Å². The van der Waals surface area contributed by atoms with Crippen molar-refractivity contribution in [3.05, 3.63) is 58.1 Å². The summed E-state index contributed by atoms with van der Waals surface area (Å²) < 4.78 is 45.0. The average Bonchev–Trinajstić information content (AvgIpc) is 3.11. The zero-order valence-corrected chi connectivity index (χ0v) is 17.0. The van der Waals surface area contributed by atoms with Gasteiger partial charge in [-0.25, -0.2) is 0 Å². The molecular formula is C18H12Cl2F3N3O2S. The lowest BCUT2D eigenvalue weighted by Crippen LogP contribution is -2.24. The van der Waals surface area contributed by atoms with Gasteiger partial charge in [0.05, 0.1) is 16.5 Å². The molecule has 0 aliphatic rings. The number of alkyl halides is 3. The second-order valence-electron chi connectivity index (χ2n) is 5.82. The van der Waals surface area contributed by atoms with E-state index in [0.717, 1.165) is 23.9 Å². The topological polar surface area (TPSA) is 68.0 Å². The van der Waals surface area contributed by atoms with Crippen molar-refractivity contribution in [2.45, 2.75) is 23.6 Å².